The Balaban J connectivity index is 1.41. The van der Waals surface area contributed by atoms with Gasteiger partial charge in [0.15, 0.2) is 27.4 Å². The standard InChI is InChI=1S/C26H26FNO6S/c1-32-25-17-19(9-12-23(25)33-15-16-35(2,30)31)28-14-13-24(26(28)29)34-20-10-7-18(8-11-20)21-5-3-4-6-22(21)27/h3-12,17,24H,13-16H2,1-2H3. The van der Waals surface area contributed by atoms with Crippen LogP contribution in [0.25, 0.3) is 11.1 Å². The molecule has 1 saturated heterocycles. The molecule has 0 bridgehead atoms. The molecular weight excluding hydrogens is 473 g/mol. The van der Waals surface area contributed by atoms with Gasteiger partial charge in [-0.05, 0) is 35.9 Å². The van der Waals surface area contributed by atoms with Gasteiger partial charge in [-0.3, -0.25) is 4.79 Å². The summed E-state index contributed by atoms with van der Waals surface area (Å²) in [4.78, 5) is 14.6. The Kier molecular flexibility index (Phi) is 7.25. The molecule has 1 aliphatic heterocycles. The zero-order chi connectivity index (χ0) is 25.0. The highest BCUT2D eigenvalue weighted by Gasteiger charge is 2.34. The number of ether oxygens (including phenoxy) is 3. The first-order chi connectivity index (χ1) is 16.7. The van der Waals surface area contributed by atoms with E-state index >= 15 is 0 Å². The molecule has 1 fully saturated rings. The van der Waals surface area contributed by atoms with Gasteiger partial charge in [0.05, 0.1) is 12.9 Å². The van der Waals surface area contributed by atoms with E-state index in [9.17, 15) is 17.6 Å². The summed E-state index contributed by atoms with van der Waals surface area (Å²) >= 11 is 0. The lowest BCUT2D eigenvalue weighted by Gasteiger charge is -2.19. The molecule has 35 heavy (non-hydrogen) atoms. The van der Waals surface area contributed by atoms with E-state index < -0.39 is 15.9 Å². The molecule has 1 unspecified atom stereocenters. The fraction of sp³-hybridized carbons (Fsp3) is 0.269. The number of anilines is 1. The highest BCUT2D eigenvalue weighted by atomic mass is 32.2. The largest absolute Gasteiger partial charge is 0.493 e. The van der Waals surface area contributed by atoms with Gasteiger partial charge in [-0.15, -0.1) is 0 Å². The van der Waals surface area contributed by atoms with Crippen molar-refractivity contribution >= 4 is 21.4 Å². The number of carbonyl (C=O) groups is 1. The number of amides is 1. The van der Waals surface area contributed by atoms with Crippen molar-refractivity contribution in [3.8, 4) is 28.4 Å². The van der Waals surface area contributed by atoms with Crippen LogP contribution in [-0.2, 0) is 14.6 Å². The van der Waals surface area contributed by atoms with Crippen LogP contribution in [0, 0.1) is 5.82 Å². The molecule has 0 saturated carbocycles. The van der Waals surface area contributed by atoms with Crippen molar-refractivity contribution in [1.29, 1.82) is 0 Å². The van der Waals surface area contributed by atoms with Gasteiger partial charge in [-0.25, -0.2) is 12.8 Å². The Morgan fingerprint density at radius 2 is 1.77 bits per heavy atom. The smallest absolute Gasteiger partial charge is 0.268 e. The summed E-state index contributed by atoms with van der Waals surface area (Å²) in [6.07, 6.45) is 1.00. The fourth-order valence-corrected chi connectivity index (χ4v) is 4.22. The summed E-state index contributed by atoms with van der Waals surface area (Å²) in [5.74, 6) is 0.729. The summed E-state index contributed by atoms with van der Waals surface area (Å²) in [6, 6.07) is 18.6. The summed E-state index contributed by atoms with van der Waals surface area (Å²) in [5, 5.41) is 0. The van der Waals surface area contributed by atoms with Crippen molar-refractivity contribution in [2.75, 3.05) is 37.2 Å². The predicted octanol–water partition coefficient (Wildman–Crippen LogP) is 4.11. The van der Waals surface area contributed by atoms with Crippen molar-refractivity contribution in [1.82, 2.24) is 0 Å². The monoisotopic (exact) mass is 499 g/mol. The molecule has 1 amide bonds. The summed E-state index contributed by atoms with van der Waals surface area (Å²) < 4.78 is 53.5. The Labute approximate surface area is 204 Å². The second kappa shape index (κ2) is 10.4. The van der Waals surface area contributed by atoms with Gasteiger partial charge in [0, 0.05) is 36.5 Å². The molecule has 0 N–H and O–H groups in total. The van der Waals surface area contributed by atoms with E-state index in [4.69, 9.17) is 14.2 Å². The van der Waals surface area contributed by atoms with Gasteiger partial charge < -0.3 is 19.1 Å². The molecule has 1 atom stereocenters. The minimum atomic E-state index is -3.14. The summed E-state index contributed by atoms with van der Waals surface area (Å²) in [5.41, 5.74) is 1.85. The molecule has 4 rings (SSSR count). The van der Waals surface area contributed by atoms with Crippen LogP contribution in [0.3, 0.4) is 0 Å². The summed E-state index contributed by atoms with van der Waals surface area (Å²) in [6.45, 7) is 0.469. The number of rotatable bonds is 9. The van der Waals surface area contributed by atoms with Gasteiger partial charge >= 0.3 is 0 Å². The lowest BCUT2D eigenvalue weighted by atomic mass is 10.1. The lowest BCUT2D eigenvalue weighted by Crippen LogP contribution is -2.32. The fourth-order valence-electron chi connectivity index (χ4n) is 3.84. The highest BCUT2D eigenvalue weighted by Crippen LogP contribution is 2.34. The zero-order valence-electron chi connectivity index (χ0n) is 19.4. The Hall–Kier alpha value is -3.59. The number of methoxy groups -OCH3 is 1. The van der Waals surface area contributed by atoms with E-state index in [2.05, 4.69) is 0 Å². The van der Waals surface area contributed by atoms with E-state index in [1.54, 1.807) is 65.6 Å². The molecule has 0 radical (unpaired) electrons. The average molecular weight is 500 g/mol. The number of halogens is 1. The third-order valence-electron chi connectivity index (χ3n) is 5.64. The maximum absolute atomic E-state index is 14.0. The molecule has 0 aliphatic carbocycles. The van der Waals surface area contributed by atoms with Crippen molar-refractivity contribution in [3.05, 3.63) is 72.5 Å². The molecule has 7 nitrogen and oxygen atoms in total. The minimum Gasteiger partial charge on any atom is -0.493 e. The topological polar surface area (TPSA) is 82.1 Å². The quantitative estimate of drug-likeness (QED) is 0.441. The van der Waals surface area contributed by atoms with Crippen LogP contribution < -0.4 is 19.1 Å². The first kappa shape index (κ1) is 24.5. The van der Waals surface area contributed by atoms with Gasteiger partial charge in [0.1, 0.15) is 18.2 Å². The average Bonchev–Trinajstić information content (AvgIpc) is 3.19. The number of benzene rings is 3. The van der Waals surface area contributed by atoms with Gasteiger partial charge in [-0.2, -0.15) is 0 Å². The SMILES string of the molecule is COc1cc(N2CCC(Oc3ccc(-c4ccccc4F)cc3)C2=O)ccc1OCCS(C)(=O)=O. The Bertz CT molecular complexity index is 1310. The minimum absolute atomic E-state index is 0.00278. The molecule has 3 aromatic carbocycles. The first-order valence-electron chi connectivity index (χ1n) is 11.1. The summed E-state index contributed by atoms with van der Waals surface area (Å²) in [7, 11) is -1.66. The number of carbonyl (C=O) groups excluding carboxylic acids is 1. The molecule has 0 spiro atoms. The van der Waals surface area contributed by atoms with Crippen LogP contribution >= 0.6 is 0 Å². The van der Waals surface area contributed by atoms with Crippen LogP contribution in [0.1, 0.15) is 6.42 Å². The predicted molar refractivity (Wildman–Crippen MR) is 131 cm³/mol. The lowest BCUT2D eigenvalue weighted by molar-refractivity contribution is -0.122. The second-order valence-corrected chi connectivity index (χ2v) is 10.5. The molecule has 3 aromatic rings. The Morgan fingerprint density at radius 3 is 2.46 bits per heavy atom. The second-order valence-electron chi connectivity index (χ2n) is 8.20. The van der Waals surface area contributed by atoms with E-state index in [1.165, 1.54) is 13.2 Å². The van der Waals surface area contributed by atoms with E-state index in [0.29, 0.717) is 41.5 Å². The van der Waals surface area contributed by atoms with E-state index in [1.807, 2.05) is 0 Å². The van der Waals surface area contributed by atoms with Crippen molar-refractivity contribution in [3.63, 3.8) is 0 Å². The van der Waals surface area contributed by atoms with Crippen LogP contribution in [0.4, 0.5) is 10.1 Å². The third-order valence-corrected chi connectivity index (χ3v) is 6.55. The maximum Gasteiger partial charge on any atom is 0.268 e. The van der Waals surface area contributed by atoms with Crippen LogP contribution in [0.15, 0.2) is 66.7 Å². The van der Waals surface area contributed by atoms with E-state index in [-0.39, 0.29) is 24.1 Å². The van der Waals surface area contributed by atoms with E-state index in [0.717, 1.165) is 11.8 Å². The van der Waals surface area contributed by atoms with Crippen molar-refractivity contribution in [2.45, 2.75) is 12.5 Å². The molecule has 184 valence electrons. The molecule has 1 aliphatic rings. The van der Waals surface area contributed by atoms with Gasteiger partial charge in [-0.1, -0.05) is 30.3 Å². The number of sulfone groups is 1. The Morgan fingerprint density at radius 1 is 1.03 bits per heavy atom. The molecule has 9 heteroatoms. The number of hydrogen-bond acceptors (Lipinski definition) is 6. The molecule has 1 heterocycles. The zero-order valence-corrected chi connectivity index (χ0v) is 20.3. The number of hydrogen-bond donors (Lipinski definition) is 0. The van der Waals surface area contributed by atoms with Crippen LogP contribution in [-0.4, -0.2) is 52.7 Å². The first-order valence-corrected chi connectivity index (χ1v) is 13.1. The van der Waals surface area contributed by atoms with Gasteiger partial charge in [0.2, 0.25) is 0 Å². The van der Waals surface area contributed by atoms with Crippen molar-refractivity contribution < 1.29 is 31.8 Å². The highest BCUT2D eigenvalue weighted by molar-refractivity contribution is 7.90. The van der Waals surface area contributed by atoms with Gasteiger partial charge in [0.25, 0.3) is 5.91 Å². The normalized spacial score (nSPS) is 15.8. The molecule has 0 aromatic heterocycles. The van der Waals surface area contributed by atoms with Crippen molar-refractivity contribution in [2.24, 2.45) is 0 Å². The third kappa shape index (κ3) is 5.92. The van der Waals surface area contributed by atoms with Crippen LogP contribution in [0.2, 0.25) is 0 Å². The maximum atomic E-state index is 14.0. The number of nitrogens with zero attached hydrogens (tertiary/aromatic N) is 1. The van der Waals surface area contributed by atoms with Crippen LogP contribution in [0.5, 0.6) is 17.2 Å². The molecular formula is C26H26FNO6S.